The molecule has 19 heavy (non-hydrogen) atoms. The average molecular weight is 276 g/mol. The summed E-state index contributed by atoms with van der Waals surface area (Å²) in [4.78, 5) is 1.96. The number of rotatable bonds is 2. The molecular weight excluding hydrogens is 260 g/mol. The van der Waals surface area contributed by atoms with Crippen molar-refractivity contribution >= 4 is 0 Å². The number of hydrogen-bond acceptors (Lipinski definition) is 2. The third-order valence-corrected chi connectivity index (χ3v) is 3.23. The molecular formula is C13H16F4N2. The SMILES string of the molecule is NC1CCCN(Cc2cc(F)cc(C(F)(F)F)c2)C1. The Balaban J connectivity index is 2.14. The number of hydrogen-bond donors (Lipinski definition) is 1. The van der Waals surface area contributed by atoms with Gasteiger partial charge < -0.3 is 5.73 Å². The van der Waals surface area contributed by atoms with Gasteiger partial charge in [0.1, 0.15) is 5.82 Å². The fourth-order valence-corrected chi connectivity index (χ4v) is 2.40. The molecule has 0 spiro atoms. The highest BCUT2D eigenvalue weighted by molar-refractivity contribution is 5.26. The highest BCUT2D eigenvalue weighted by Crippen LogP contribution is 2.30. The predicted octanol–water partition coefficient (Wildman–Crippen LogP) is 2.77. The molecule has 1 unspecified atom stereocenters. The molecule has 1 fully saturated rings. The summed E-state index contributed by atoms with van der Waals surface area (Å²) in [5.41, 5.74) is 5.21. The van der Waals surface area contributed by atoms with E-state index >= 15 is 0 Å². The van der Waals surface area contributed by atoms with E-state index in [4.69, 9.17) is 5.73 Å². The van der Waals surface area contributed by atoms with Crippen molar-refractivity contribution in [3.05, 3.63) is 35.1 Å². The minimum Gasteiger partial charge on any atom is -0.327 e. The molecule has 1 saturated heterocycles. The largest absolute Gasteiger partial charge is 0.416 e. The van der Waals surface area contributed by atoms with Crippen LogP contribution in [0.3, 0.4) is 0 Å². The van der Waals surface area contributed by atoms with Crippen molar-refractivity contribution in [2.24, 2.45) is 5.73 Å². The van der Waals surface area contributed by atoms with Gasteiger partial charge in [-0.2, -0.15) is 13.2 Å². The number of benzene rings is 1. The fourth-order valence-electron chi connectivity index (χ4n) is 2.40. The van der Waals surface area contributed by atoms with Gasteiger partial charge in [-0.05, 0) is 43.1 Å². The van der Waals surface area contributed by atoms with E-state index in [9.17, 15) is 17.6 Å². The molecule has 1 aromatic carbocycles. The zero-order chi connectivity index (χ0) is 14.0. The van der Waals surface area contributed by atoms with Crippen LogP contribution in [0.1, 0.15) is 24.0 Å². The third kappa shape index (κ3) is 3.91. The second kappa shape index (κ2) is 5.46. The summed E-state index contributed by atoms with van der Waals surface area (Å²) < 4.78 is 51.0. The van der Waals surface area contributed by atoms with E-state index < -0.39 is 17.6 Å². The van der Waals surface area contributed by atoms with Gasteiger partial charge in [0, 0.05) is 19.1 Å². The zero-order valence-corrected chi connectivity index (χ0v) is 10.4. The molecule has 6 heteroatoms. The Morgan fingerprint density at radius 3 is 2.63 bits per heavy atom. The Kier molecular flexibility index (Phi) is 4.10. The average Bonchev–Trinajstić information content (AvgIpc) is 2.26. The van der Waals surface area contributed by atoms with Gasteiger partial charge in [0.25, 0.3) is 0 Å². The molecule has 2 nitrogen and oxygen atoms in total. The van der Waals surface area contributed by atoms with Crippen LogP contribution in [0.2, 0.25) is 0 Å². The van der Waals surface area contributed by atoms with Crippen LogP contribution in [0.25, 0.3) is 0 Å². The molecule has 0 aromatic heterocycles. The van der Waals surface area contributed by atoms with E-state index in [1.165, 1.54) is 0 Å². The Morgan fingerprint density at radius 1 is 1.26 bits per heavy atom. The Hall–Kier alpha value is -1.14. The van der Waals surface area contributed by atoms with E-state index in [1.807, 2.05) is 4.90 Å². The predicted molar refractivity (Wildman–Crippen MR) is 63.9 cm³/mol. The zero-order valence-electron chi connectivity index (χ0n) is 10.4. The minimum absolute atomic E-state index is 0.0457. The summed E-state index contributed by atoms with van der Waals surface area (Å²) in [5, 5.41) is 0. The first-order valence-corrected chi connectivity index (χ1v) is 6.19. The number of nitrogens with zero attached hydrogens (tertiary/aromatic N) is 1. The van der Waals surface area contributed by atoms with E-state index in [-0.39, 0.29) is 6.04 Å². The second-order valence-corrected chi connectivity index (χ2v) is 4.98. The smallest absolute Gasteiger partial charge is 0.327 e. The maximum Gasteiger partial charge on any atom is 0.416 e. The van der Waals surface area contributed by atoms with E-state index in [0.29, 0.717) is 24.7 Å². The summed E-state index contributed by atoms with van der Waals surface area (Å²) in [7, 11) is 0. The molecule has 1 heterocycles. The number of piperidine rings is 1. The first kappa shape index (κ1) is 14.3. The van der Waals surface area contributed by atoms with Crippen molar-refractivity contribution in [2.45, 2.75) is 31.6 Å². The van der Waals surface area contributed by atoms with Crippen molar-refractivity contribution in [2.75, 3.05) is 13.1 Å². The molecule has 1 aromatic rings. The van der Waals surface area contributed by atoms with Gasteiger partial charge in [0.05, 0.1) is 5.56 Å². The van der Waals surface area contributed by atoms with Gasteiger partial charge in [-0.15, -0.1) is 0 Å². The third-order valence-electron chi connectivity index (χ3n) is 3.23. The lowest BCUT2D eigenvalue weighted by Crippen LogP contribution is -2.42. The minimum atomic E-state index is -4.52. The fraction of sp³-hybridized carbons (Fsp3) is 0.538. The van der Waals surface area contributed by atoms with Crippen LogP contribution in [0.15, 0.2) is 18.2 Å². The monoisotopic (exact) mass is 276 g/mol. The molecule has 106 valence electrons. The molecule has 0 radical (unpaired) electrons. The summed E-state index contributed by atoms with van der Waals surface area (Å²) in [6.45, 7) is 1.72. The van der Waals surface area contributed by atoms with Crippen LogP contribution in [0.5, 0.6) is 0 Å². The first-order chi connectivity index (χ1) is 8.84. The number of likely N-dealkylation sites (tertiary alicyclic amines) is 1. The quantitative estimate of drug-likeness (QED) is 0.842. The lowest BCUT2D eigenvalue weighted by molar-refractivity contribution is -0.137. The van der Waals surface area contributed by atoms with Crippen molar-refractivity contribution in [1.29, 1.82) is 0 Å². The first-order valence-electron chi connectivity index (χ1n) is 6.19. The van der Waals surface area contributed by atoms with E-state index in [1.54, 1.807) is 0 Å². The van der Waals surface area contributed by atoms with Gasteiger partial charge in [0.2, 0.25) is 0 Å². The number of nitrogens with two attached hydrogens (primary N) is 1. The van der Waals surface area contributed by atoms with Gasteiger partial charge in [-0.25, -0.2) is 4.39 Å². The summed E-state index contributed by atoms with van der Waals surface area (Å²) in [6, 6.07) is 2.72. The maximum absolute atomic E-state index is 13.2. The van der Waals surface area contributed by atoms with Gasteiger partial charge in [0.15, 0.2) is 0 Å². The number of halogens is 4. The molecule has 2 N–H and O–H groups in total. The summed E-state index contributed by atoms with van der Waals surface area (Å²) in [5.74, 6) is -0.855. The van der Waals surface area contributed by atoms with Crippen molar-refractivity contribution in [3.8, 4) is 0 Å². The Bertz CT molecular complexity index is 445. The Labute approximate surface area is 109 Å². The second-order valence-electron chi connectivity index (χ2n) is 4.98. The highest BCUT2D eigenvalue weighted by atomic mass is 19.4. The van der Waals surface area contributed by atoms with Gasteiger partial charge >= 0.3 is 6.18 Å². The van der Waals surface area contributed by atoms with Crippen LogP contribution in [0, 0.1) is 5.82 Å². The summed E-state index contributed by atoms with van der Waals surface area (Å²) in [6.07, 6.45) is -2.68. The highest BCUT2D eigenvalue weighted by Gasteiger charge is 2.31. The molecule has 0 amide bonds. The van der Waals surface area contributed by atoms with Crippen molar-refractivity contribution < 1.29 is 17.6 Å². The van der Waals surface area contributed by atoms with E-state index in [2.05, 4.69) is 0 Å². The molecule has 1 aliphatic heterocycles. The maximum atomic E-state index is 13.2. The molecule has 0 bridgehead atoms. The van der Waals surface area contributed by atoms with Gasteiger partial charge in [-0.1, -0.05) is 0 Å². The standard InChI is InChI=1S/C13H16F4N2/c14-11-5-9(4-10(6-11)13(15,16)17)7-19-3-1-2-12(18)8-19/h4-6,12H,1-3,7-8,18H2. The van der Waals surface area contributed by atoms with E-state index in [0.717, 1.165) is 31.5 Å². The lowest BCUT2D eigenvalue weighted by atomic mass is 10.0. The topological polar surface area (TPSA) is 29.3 Å². The molecule has 2 rings (SSSR count). The van der Waals surface area contributed by atoms with Crippen LogP contribution < -0.4 is 5.73 Å². The van der Waals surface area contributed by atoms with Crippen LogP contribution in [-0.2, 0) is 12.7 Å². The lowest BCUT2D eigenvalue weighted by Gasteiger charge is -2.30. The summed E-state index contributed by atoms with van der Waals surface area (Å²) >= 11 is 0. The molecule has 1 aliphatic rings. The van der Waals surface area contributed by atoms with Crippen LogP contribution in [-0.4, -0.2) is 24.0 Å². The van der Waals surface area contributed by atoms with Crippen LogP contribution in [0.4, 0.5) is 17.6 Å². The van der Waals surface area contributed by atoms with Crippen molar-refractivity contribution in [3.63, 3.8) is 0 Å². The molecule has 0 aliphatic carbocycles. The normalized spacial score (nSPS) is 21.6. The van der Waals surface area contributed by atoms with Crippen molar-refractivity contribution in [1.82, 2.24) is 4.90 Å². The molecule has 0 saturated carbocycles. The molecule has 1 atom stereocenters. The number of alkyl halides is 3. The Morgan fingerprint density at radius 2 is 2.00 bits per heavy atom. The van der Waals surface area contributed by atoms with Gasteiger partial charge in [-0.3, -0.25) is 4.90 Å². The van der Waals surface area contributed by atoms with Crippen LogP contribution >= 0.6 is 0 Å².